The average molecular weight is 394 g/mol. The van der Waals surface area contributed by atoms with Gasteiger partial charge in [-0.15, -0.1) is 0 Å². The number of benzene rings is 2. The van der Waals surface area contributed by atoms with Crippen molar-refractivity contribution >= 4 is 15.7 Å². The minimum absolute atomic E-state index is 0.0935. The van der Waals surface area contributed by atoms with Crippen molar-refractivity contribution in [3.63, 3.8) is 0 Å². The Balaban J connectivity index is 1.61. The molecule has 0 saturated heterocycles. The SMILES string of the molecule is N#Cc1cc(S(N)(=O)=O)ccc1NCc1ccc(OCc2ccccn2)cc1. The molecule has 0 fully saturated rings. The Morgan fingerprint density at radius 1 is 1.11 bits per heavy atom. The van der Waals surface area contributed by atoms with Gasteiger partial charge in [0, 0.05) is 12.7 Å². The second kappa shape index (κ2) is 8.52. The molecule has 0 bridgehead atoms. The highest BCUT2D eigenvalue weighted by Crippen LogP contribution is 2.21. The number of nitrogens with two attached hydrogens (primary N) is 1. The van der Waals surface area contributed by atoms with Crippen molar-refractivity contribution in [2.45, 2.75) is 18.0 Å². The van der Waals surface area contributed by atoms with Gasteiger partial charge in [0.15, 0.2) is 0 Å². The highest BCUT2D eigenvalue weighted by atomic mass is 32.2. The molecule has 0 spiro atoms. The zero-order chi connectivity index (χ0) is 20.0. The van der Waals surface area contributed by atoms with Crippen LogP contribution < -0.4 is 15.2 Å². The van der Waals surface area contributed by atoms with Crippen LogP contribution in [0.25, 0.3) is 0 Å². The lowest BCUT2D eigenvalue weighted by Gasteiger charge is -2.10. The highest BCUT2D eigenvalue weighted by molar-refractivity contribution is 7.89. The number of hydrogen-bond donors (Lipinski definition) is 2. The summed E-state index contributed by atoms with van der Waals surface area (Å²) in [6.45, 7) is 0.851. The summed E-state index contributed by atoms with van der Waals surface area (Å²) in [7, 11) is -3.85. The molecule has 2 aromatic carbocycles. The summed E-state index contributed by atoms with van der Waals surface area (Å²) in [6, 6.07) is 19.3. The van der Waals surface area contributed by atoms with E-state index >= 15 is 0 Å². The Labute approximate surface area is 163 Å². The maximum Gasteiger partial charge on any atom is 0.238 e. The second-order valence-corrected chi connectivity index (χ2v) is 7.53. The summed E-state index contributed by atoms with van der Waals surface area (Å²) >= 11 is 0. The predicted octanol–water partition coefficient (Wildman–Crippen LogP) is 2.79. The standard InChI is InChI=1S/C20H18N4O3S/c21-12-16-11-19(28(22,25)26)8-9-20(16)24-13-15-4-6-18(7-5-15)27-14-17-3-1-2-10-23-17/h1-11,24H,13-14H2,(H2,22,25,26). The van der Waals surface area contributed by atoms with E-state index in [0.29, 0.717) is 18.8 Å². The summed E-state index contributed by atoms with van der Waals surface area (Å²) in [5.74, 6) is 0.727. The Morgan fingerprint density at radius 3 is 2.54 bits per heavy atom. The lowest BCUT2D eigenvalue weighted by molar-refractivity contribution is 0.301. The van der Waals surface area contributed by atoms with Gasteiger partial charge in [-0.25, -0.2) is 13.6 Å². The molecule has 28 heavy (non-hydrogen) atoms. The third-order valence-corrected chi connectivity index (χ3v) is 4.87. The van der Waals surface area contributed by atoms with Gasteiger partial charge in [-0.05, 0) is 48.0 Å². The number of primary sulfonamides is 1. The Bertz CT molecular complexity index is 1090. The molecule has 8 heteroatoms. The van der Waals surface area contributed by atoms with Crippen molar-refractivity contribution in [1.82, 2.24) is 4.98 Å². The van der Waals surface area contributed by atoms with Crippen LogP contribution in [0.1, 0.15) is 16.8 Å². The molecule has 0 saturated carbocycles. The number of nitrogens with zero attached hydrogens (tertiary/aromatic N) is 2. The van der Waals surface area contributed by atoms with E-state index in [1.54, 1.807) is 6.20 Å². The summed E-state index contributed by atoms with van der Waals surface area (Å²) < 4.78 is 28.5. The normalized spacial score (nSPS) is 10.9. The van der Waals surface area contributed by atoms with Gasteiger partial charge in [0.2, 0.25) is 10.0 Å². The van der Waals surface area contributed by atoms with E-state index in [0.717, 1.165) is 17.0 Å². The number of nitrogens with one attached hydrogen (secondary N) is 1. The Kier molecular flexibility index (Phi) is 5.89. The van der Waals surface area contributed by atoms with Gasteiger partial charge in [0.05, 0.1) is 21.8 Å². The van der Waals surface area contributed by atoms with Crippen molar-refractivity contribution in [3.8, 4) is 11.8 Å². The third-order valence-electron chi connectivity index (χ3n) is 3.96. The number of hydrogen-bond acceptors (Lipinski definition) is 6. The smallest absolute Gasteiger partial charge is 0.238 e. The molecule has 0 amide bonds. The molecular formula is C20H18N4O3S. The van der Waals surface area contributed by atoms with E-state index in [9.17, 15) is 13.7 Å². The number of rotatable bonds is 7. The van der Waals surface area contributed by atoms with Gasteiger partial charge in [0.25, 0.3) is 0 Å². The molecule has 3 rings (SSSR count). The third kappa shape index (κ3) is 5.07. The van der Waals surface area contributed by atoms with Gasteiger partial charge in [-0.3, -0.25) is 4.98 Å². The molecule has 0 aliphatic rings. The largest absolute Gasteiger partial charge is 0.487 e. The number of aromatic nitrogens is 1. The van der Waals surface area contributed by atoms with Crippen LogP contribution in [0.5, 0.6) is 5.75 Å². The average Bonchev–Trinajstić information content (AvgIpc) is 2.71. The number of anilines is 1. The van der Waals surface area contributed by atoms with Crippen molar-refractivity contribution in [1.29, 1.82) is 5.26 Å². The van der Waals surface area contributed by atoms with Gasteiger partial charge in [-0.2, -0.15) is 5.26 Å². The van der Waals surface area contributed by atoms with E-state index in [1.165, 1.54) is 18.2 Å². The molecule has 3 aromatic rings. The fraction of sp³-hybridized carbons (Fsp3) is 0.100. The van der Waals surface area contributed by atoms with Crippen LogP contribution in [0, 0.1) is 11.3 Å². The second-order valence-electron chi connectivity index (χ2n) is 5.97. The van der Waals surface area contributed by atoms with Gasteiger partial charge in [-0.1, -0.05) is 18.2 Å². The quantitative estimate of drug-likeness (QED) is 0.636. The zero-order valence-corrected chi connectivity index (χ0v) is 15.7. The lowest BCUT2D eigenvalue weighted by Crippen LogP contribution is -2.12. The molecule has 1 aromatic heterocycles. The first-order chi connectivity index (χ1) is 13.5. The molecule has 0 unspecified atom stereocenters. The molecule has 142 valence electrons. The molecule has 0 aliphatic heterocycles. The summed E-state index contributed by atoms with van der Waals surface area (Å²) in [6.07, 6.45) is 1.72. The number of nitriles is 1. The molecule has 0 radical (unpaired) electrons. The molecule has 0 aliphatic carbocycles. The van der Waals surface area contributed by atoms with E-state index in [1.807, 2.05) is 48.5 Å². The van der Waals surface area contributed by atoms with Crippen molar-refractivity contribution in [2.75, 3.05) is 5.32 Å². The summed E-state index contributed by atoms with van der Waals surface area (Å²) in [5, 5.41) is 17.5. The maximum absolute atomic E-state index is 11.4. The fourth-order valence-electron chi connectivity index (χ4n) is 2.49. The molecule has 7 nitrogen and oxygen atoms in total. The maximum atomic E-state index is 11.4. The minimum atomic E-state index is -3.85. The zero-order valence-electron chi connectivity index (χ0n) is 14.9. The van der Waals surface area contributed by atoms with Gasteiger partial charge in [0.1, 0.15) is 18.4 Å². The van der Waals surface area contributed by atoms with Crippen molar-refractivity contribution in [3.05, 3.63) is 83.7 Å². The molecular weight excluding hydrogens is 376 g/mol. The lowest BCUT2D eigenvalue weighted by atomic mass is 10.1. The number of ether oxygens (including phenoxy) is 1. The summed E-state index contributed by atoms with van der Waals surface area (Å²) in [4.78, 5) is 4.11. The number of pyridine rings is 1. The molecule has 1 heterocycles. The highest BCUT2D eigenvalue weighted by Gasteiger charge is 2.11. The molecule has 3 N–H and O–H groups in total. The topological polar surface area (TPSA) is 118 Å². The van der Waals surface area contributed by atoms with Crippen LogP contribution in [0.15, 0.2) is 71.8 Å². The van der Waals surface area contributed by atoms with Gasteiger partial charge < -0.3 is 10.1 Å². The Morgan fingerprint density at radius 2 is 1.89 bits per heavy atom. The van der Waals surface area contributed by atoms with Crippen LogP contribution in [-0.4, -0.2) is 13.4 Å². The van der Waals surface area contributed by atoms with Crippen LogP contribution >= 0.6 is 0 Å². The van der Waals surface area contributed by atoms with Crippen molar-refractivity contribution in [2.24, 2.45) is 5.14 Å². The van der Waals surface area contributed by atoms with Crippen LogP contribution in [0.4, 0.5) is 5.69 Å². The van der Waals surface area contributed by atoms with E-state index in [2.05, 4.69) is 10.3 Å². The van der Waals surface area contributed by atoms with Gasteiger partial charge >= 0.3 is 0 Å². The monoisotopic (exact) mass is 394 g/mol. The Hall–Kier alpha value is -3.41. The fourth-order valence-corrected chi connectivity index (χ4v) is 3.03. The van der Waals surface area contributed by atoms with Crippen LogP contribution in [0.3, 0.4) is 0 Å². The van der Waals surface area contributed by atoms with E-state index < -0.39 is 10.0 Å². The first-order valence-electron chi connectivity index (χ1n) is 8.38. The summed E-state index contributed by atoms with van der Waals surface area (Å²) in [5.41, 5.74) is 2.57. The predicted molar refractivity (Wildman–Crippen MR) is 105 cm³/mol. The number of sulfonamides is 1. The molecule has 0 atom stereocenters. The van der Waals surface area contributed by atoms with Crippen molar-refractivity contribution < 1.29 is 13.2 Å². The van der Waals surface area contributed by atoms with Crippen LogP contribution in [-0.2, 0) is 23.2 Å². The minimum Gasteiger partial charge on any atom is -0.487 e. The van der Waals surface area contributed by atoms with E-state index in [4.69, 9.17) is 9.88 Å². The van der Waals surface area contributed by atoms with Crippen LogP contribution in [0.2, 0.25) is 0 Å². The first-order valence-corrected chi connectivity index (χ1v) is 9.93. The van der Waals surface area contributed by atoms with E-state index in [-0.39, 0.29) is 10.5 Å². The first kappa shape index (κ1) is 19.4.